The zero-order valence-corrected chi connectivity index (χ0v) is 12.6. The lowest BCUT2D eigenvalue weighted by molar-refractivity contribution is -0.136. The van der Waals surface area contributed by atoms with E-state index in [1.807, 2.05) is 6.92 Å². The summed E-state index contributed by atoms with van der Waals surface area (Å²) in [5.41, 5.74) is 5.59. The average Bonchev–Trinajstić information content (AvgIpc) is 2.41. The maximum Gasteiger partial charge on any atom is 0.239 e. The van der Waals surface area contributed by atoms with Gasteiger partial charge in [0.25, 0.3) is 0 Å². The summed E-state index contributed by atoms with van der Waals surface area (Å²) in [4.78, 5) is 25.0. The van der Waals surface area contributed by atoms with Crippen LogP contribution in [0, 0.1) is 5.92 Å². The second kappa shape index (κ2) is 10.8. The van der Waals surface area contributed by atoms with Crippen molar-refractivity contribution in [2.75, 3.05) is 26.7 Å². The van der Waals surface area contributed by atoms with Gasteiger partial charge in [0.05, 0.1) is 6.54 Å². The predicted octanol–water partition coefficient (Wildman–Crippen LogP) is 1.13. The van der Waals surface area contributed by atoms with E-state index in [2.05, 4.69) is 12.2 Å². The summed E-state index contributed by atoms with van der Waals surface area (Å²) in [6, 6.07) is 0. The minimum absolute atomic E-state index is 0.0595. The first-order chi connectivity index (χ1) is 9.08. The first kappa shape index (κ1) is 17.9. The van der Waals surface area contributed by atoms with Crippen LogP contribution < -0.4 is 11.1 Å². The summed E-state index contributed by atoms with van der Waals surface area (Å²) in [6.07, 6.45) is 4.59. The van der Waals surface area contributed by atoms with Crippen molar-refractivity contribution >= 4 is 11.8 Å². The third-order valence-corrected chi connectivity index (χ3v) is 3.39. The maximum atomic E-state index is 12.1. The molecule has 0 spiro atoms. The maximum absolute atomic E-state index is 12.1. The van der Waals surface area contributed by atoms with Gasteiger partial charge in [0.15, 0.2) is 0 Å². The normalized spacial score (nSPS) is 12.0. The van der Waals surface area contributed by atoms with Gasteiger partial charge in [-0.3, -0.25) is 9.59 Å². The van der Waals surface area contributed by atoms with E-state index in [1.54, 1.807) is 11.9 Å². The fourth-order valence-corrected chi connectivity index (χ4v) is 2.19. The topological polar surface area (TPSA) is 75.4 Å². The number of rotatable bonds is 10. The molecule has 0 aliphatic rings. The monoisotopic (exact) mass is 271 g/mol. The van der Waals surface area contributed by atoms with Gasteiger partial charge in [-0.05, 0) is 32.2 Å². The Bertz CT molecular complexity index is 263. The second-order valence-electron chi connectivity index (χ2n) is 4.85. The van der Waals surface area contributed by atoms with Crippen LogP contribution in [-0.2, 0) is 9.59 Å². The van der Waals surface area contributed by atoms with E-state index >= 15 is 0 Å². The Morgan fingerprint density at radius 1 is 1.21 bits per heavy atom. The van der Waals surface area contributed by atoms with Gasteiger partial charge in [-0.25, -0.2) is 0 Å². The van der Waals surface area contributed by atoms with E-state index in [0.29, 0.717) is 25.4 Å². The Kier molecular flexibility index (Phi) is 10.2. The Morgan fingerprint density at radius 3 is 2.37 bits per heavy atom. The average molecular weight is 271 g/mol. The Labute approximate surface area is 116 Å². The molecular weight excluding hydrogens is 242 g/mol. The van der Waals surface area contributed by atoms with Crippen molar-refractivity contribution in [1.82, 2.24) is 10.2 Å². The zero-order chi connectivity index (χ0) is 14.7. The van der Waals surface area contributed by atoms with Crippen LogP contribution in [0.1, 0.15) is 46.0 Å². The molecule has 0 fully saturated rings. The minimum Gasteiger partial charge on any atom is -0.358 e. The largest absolute Gasteiger partial charge is 0.358 e. The van der Waals surface area contributed by atoms with Crippen molar-refractivity contribution in [3.8, 4) is 0 Å². The molecular formula is C14H29N3O2. The zero-order valence-electron chi connectivity index (χ0n) is 12.6. The third kappa shape index (κ3) is 7.82. The fourth-order valence-electron chi connectivity index (χ4n) is 2.19. The van der Waals surface area contributed by atoms with Crippen molar-refractivity contribution < 1.29 is 9.59 Å². The van der Waals surface area contributed by atoms with Gasteiger partial charge < -0.3 is 16.0 Å². The Balaban J connectivity index is 4.20. The van der Waals surface area contributed by atoms with Gasteiger partial charge in [0, 0.05) is 20.0 Å². The first-order valence-corrected chi connectivity index (χ1v) is 7.27. The standard InChI is InChI=1S/C14H29N3O2/c1-4-6-12(9-10-15)7-8-14(19)17(5-2)11-13(18)16-3/h12H,4-11,15H2,1-3H3,(H,16,18). The molecule has 0 radical (unpaired) electrons. The van der Waals surface area contributed by atoms with E-state index in [-0.39, 0.29) is 18.4 Å². The van der Waals surface area contributed by atoms with Gasteiger partial charge in [0.1, 0.15) is 0 Å². The highest BCUT2D eigenvalue weighted by Crippen LogP contribution is 2.17. The number of likely N-dealkylation sites (N-methyl/N-ethyl adjacent to an activating group) is 2. The molecule has 0 rings (SSSR count). The van der Waals surface area contributed by atoms with E-state index in [1.165, 1.54) is 0 Å². The van der Waals surface area contributed by atoms with Gasteiger partial charge >= 0.3 is 0 Å². The molecule has 2 amide bonds. The third-order valence-electron chi connectivity index (χ3n) is 3.39. The molecule has 0 saturated heterocycles. The molecule has 5 heteroatoms. The highest BCUT2D eigenvalue weighted by molar-refractivity contribution is 5.84. The molecule has 0 saturated carbocycles. The van der Waals surface area contributed by atoms with Crippen molar-refractivity contribution in [2.24, 2.45) is 11.7 Å². The van der Waals surface area contributed by atoms with Gasteiger partial charge in [0.2, 0.25) is 11.8 Å². The van der Waals surface area contributed by atoms with Gasteiger partial charge in [-0.2, -0.15) is 0 Å². The molecule has 0 aromatic rings. The molecule has 112 valence electrons. The number of carbonyl (C=O) groups is 2. The van der Waals surface area contributed by atoms with Crippen molar-refractivity contribution in [3.63, 3.8) is 0 Å². The molecule has 0 aromatic carbocycles. The Hall–Kier alpha value is -1.10. The van der Waals surface area contributed by atoms with Crippen LogP contribution in [0.3, 0.4) is 0 Å². The summed E-state index contributed by atoms with van der Waals surface area (Å²) >= 11 is 0. The predicted molar refractivity (Wildman–Crippen MR) is 77.6 cm³/mol. The molecule has 0 aromatic heterocycles. The SMILES string of the molecule is CCCC(CCN)CCC(=O)N(CC)CC(=O)NC. The van der Waals surface area contributed by atoms with E-state index < -0.39 is 0 Å². The van der Waals surface area contributed by atoms with Crippen LogP contribution in [-0.4, -0.2) is 43.4 Å². The molecule has 3 N–H and O–H groups in total. The van der Waals surface area contributed by atoms with Gasteiger partial charge in [-0.15, -0.1) is 0 Å². The van der Waals surface area contributed by atoms with E-state index in [4.69, 9.17) is 5.73 Å². The molecule has 1 unspecified atom stereocenters. The van der Waals surface area contributed by atoms with E-state index in [9.17, 15) is 9.59 Å². The quantitative estimate of drug-likeness (QED) is 0.625. The number of hydrogen-bond acceptors (Lipinski definition) is 3. The lowest BCUT2D eigenvalue weighted by Gasteiger charge is -2.21. The number of nitrogens with zero attached hydrogens (tertiary/aromatic N) is 1. The molecule has 1 atom stereocenters. The van der Waals surface area contributed by atoms with Crippen molar-refractivity contribution in [2.45, 2.75) is 46.0 Å². The Morgan fingerprint density at radius 2 is 1.89 bits per heavy atom. The van der Waals surface area contributed by atoms with Crippen LogP contribution in [0.4, 0.5) is 0 Å². The summed E-state index contributed by atoms with van der Waals surface area (Å²) in [7, 11) is 1.58. The van der Waals surface area contributed by atoms with Crippen molar-refractivity contribution in [3.05, 3.63) is 0 Å². The number of carbonyl (C=O) groups excluding carboxylic acids is 2. The number of nitrogens with one attached hydrogen (secondary N) is 1. The smallest absolute Gasteiger partial charge is 0.239 e. The highest BCUT2D eigenvalue weighted by atomic mass is 16.2. The van der Waals surface area contributed by atoms with Crippen molar-refractivity contribution in [1.29, 1.82) is 0 Å². The van der Waals surface area contributed by atoms with Gasteiger partial charge in [-0.1, -0.05) is 19.8 Å². The molecule has 0 aliphatic carbocycles. The molecule has 19 heavy (non-hydrogen) atoms. The van der Waals surface area contributed by atoms with Crippen LogP contribution >= 0.6 is 0 Å². The summed E-state index contributed by atoms with van der Waals surface area (Å²) in [6.45, 7) is 5.44. The minimum atomic E-state index is -0.123. The number of amides is 2. The van der Waals surface area contributed by atoms with Crippen LogP contribution in [0.15, 0.2) is 0 Å². The van der Waals surface area contributed by atoms with Crippen LogP contribution in [0.5, 0.6) is 0 Å². The summed E-state index contributed by atoms with van der Waals surface area (Å²) in [5.74, 6) is 0.462. The molecule has 0 bridgehead atoms. The molecule has 0 heterocycles. The fraction of sp³-hybridized carbons (Fsp3) is 0.857. The molecule has 5 nitrogen and oxygen atoms in total. The second-order valence-corrected chi connectivity index (χ2v) is 4.85. The lowest BCUT2D eigenvalue weighted by Crippen LogP contribution is -2.39. The first-order valence-electron chi connectivity index (χ1n) is 7.27. The van der Waals surface area contributed by atoms with Crippen LogP contribution in [0.25, 0.3) is 0 Å². The van der Waals surface area contributed by atoms with Crippen LogP contribution in [0.2, 0.25) is 0 Å². The lowest BCUT2D eigenvalue weighted by atomic mass is 9.94. The summed E-state index contributed by atoms with van der Waals surface area (Å²) in [5, 5.41) is 2.54. The number of nitrogens with two attached hydrogens (primary N) is 1. The number of hydrogen-bond donors (Lipinski definition) is 2. The molecule has 0 aliphatic heterocycles. The highest BCUT2D eigenvalue weighted by Gasteiger charge is 2.16. The summed E-state index contributed by atoms with van der Waals surface area (Å²) < 4.78 is 0. The van der Waals surface area contributed by atoms with E-state index in [0.717, 1.165) is 25.7 Å².